The maximum absolute atomic E-state index is 5.10. The van der Waals surface area contributed by atoms with Crippen molar-refractivity contribution in [2.24, 2.45) is 10.9 Å². The molecule has 1 saturated heterocycles. The number of nitrogens with zero attached hydrogens (tertiary/aromatic N) is 3. The number of guanidine groups is 1. The molecule has 0 aromatic heterocycles. The highest BCUT2D eigenvalue weighted by molar-refractivity contribution is 14.0. The van der Waals surface area contributed by atoms with E-state index >= 15 is 0 Å². The predicted molar refractivity (Wildman–Crippen MR) is 135 cm³/mol. The quantitative estimate of drug-likeness (QED) is 0.216. The van der Waals surface area contributed by atoms with Crippen molar-refractivity contribution in [3.05, 3.63) is 29.8 Å². The number of anilines is 1. The summed E-state index contributed by atoms with van der Waals surface area (Å²) in [7, 11) is 5.70. The lowest BCUT2D eigenvalue weighted by Crippen LogP contribution is -2.40. The maximum atomic E-state index is 5.10. The van der Waals surface area contributed by atoms with Crippen LogP contribution in [-0.2, 0) is 11.3 Å². The molecule has 0 unspecified atom stereocenters. The summed E-state index contributed by atoms with van der Waals surface area (Å²) < 4.78 is 5.10. The Hall–Kier alpha value is -1.06. The zero-order chi connectivity index (χ0) is 20.2. The Morgan fingerprint density at radius 3 is 2.48 bits per heavy atom. The van der Waals surface area contributed by atoms with Crippen LogP contribution in [0.5, 0.6) is 0 Å². The summed E-state index contributed by atoms with van der Waals surface area (Å²) >= 11 is 0. The number of piperidine rings is 1. The molecule has 1 aliphatic heterocycles. The summed E-state index contributed by atoms with van der Waals surface area (Å²) in [6, 6.07) is 8.94. The molecule has 1 aromatic carbocycles. The fraction of sp³-hybridized carbons (Fsp3) is 0.682. The van der Waals surface area contributed by atoms with Crippen LogP contribution in [0.3, 0.4) is 0 Å². The lowest BCUT2D eigenvalue weighted by molar-refractivity contribution is 0.180. The van der Waals surface area contributed by atoms with Crippen molar-refractivity contribution in [3.8, 4) is 0 Å². The Kier molecular flexibility index (Phi) is 13.3. The van der Waals surface area contributed by atoms with Crippen LogP contribution < -0.4 is 15.5 Å². The second kappa shape index (κ2) is 14.8. The third-order valence-corrected chi connectivity index (χ3v) is 5.44. The van der Waals surface area contributed by atoms with Gasteiger partial charge in [0.1, 0.15) is 0 Å². The Morgan fingerprint density at radius 1 is 1.17 bits per heavy atom. The van der Waals surface area contributed by atoms with Crippen LogP contribution in [0.4, 0.5) is 5.69 Å². The third-order valence-electron chi connectivity index (χ3n) is 5.44. The number of nitrogens with one attached hydrogen (secondary N) is 2. The van der Waals surface area contributed by atoms with Crippen molar-refractivity contribution in [2.45, 2.75) is 32.7 Å². The standard InChI is InChI=1S/C22H39N5O.HI/c1-19-10-14-27(15-11-19)21-8-6-20(7-9-21)18-25-22(23-2)24-12-16-26(3)13-5-17-28-4;/h6-9,19H,5,10-18H2,1-4H3,(H2,23,24,25);1H. The molecule has 1 aliphatic rings. The van der Waals surface area contributed by atoms with Crippen LogP contribution in [0.25, 0.3) is 0 Å². The Labute approximate surface area is 194 Å². The summed E-state index contributed by atoms with van der Waals surface area (Å²) in [5.74, 6) is 1.71. The molecule has 6 nitrogen and oxygen atoms in total. The van der Waals surface area contributed by atoms with E-state index in [0.29, 0.717) is 0 Å². The number of ether oxygens (including phenoxy) is 1. The number of benzene rings is 1. The fourth-order valence-electron chi connectivity index (χ4n) is 3.45. The number of hydrogen-bond acceptors (Lipinski definition) is 4. The molecule has 0 spiro atoms. The minimum Gasteiger partial charge on any atom is -0.385 e. The molecule has 0 saturated carbocycles. The van der Waals surface area contributed by atoms with Gasteiger partial charge in [0.15, 0.2) is 5.96 Å². The SMILES string of the molecule is CN=C(NCCN(C)CCCOC)NCc1ccc(N2CCC(C)CC2)cc1.I. The van der Waals surface area contributed by atoms with Gasteiger partial charge in [-0.15, -0.1) is 24.0 Å². The molecular formula is C22H40IN5O. The molecule has 2 N–H and O–H groups in total. The molecule has 29 heavy (non-hydrogen) atoms. The molecular weight excluding hydrogens is 477 g/mol. The van der Waals surface area contributed by atoms with Crippen LogP contribution in [0.1, 0.15) is 31.7 Å². The van der Waals surface area contributed by atoms with Gasteiger partial charge in [-0.05, 0) is 49.9 Å². The van der Waals surface area contributed by atoms with Crippen molar-refractivity contribution in [1.29, 1.82) is 0 Å². The Balaban J connectivity index is 0.00000420. The number of methoxy groups -OCH3 is 1. The minimum absolute atomic E-state index is 0. The molecule has 0 atom stereocenters. The van der Waals surface area contributed by atoms with E-state index in [1.54, 1.807) is 7.11 Å². The highest BCUT2D eigenvalue weighted by atomic mass is 127. The molecule has 0 radical (unpaired) electrons. The lowest BCUT2D eigenvalue weighted by atomic mass is 9.99. The van der Waals surface area contributed by atoms with Crippen LogP contribution in [0.15, 0.2) is 29.3 Å². The molecule has 1 aromatic rings. The topological polar surface area (TPSA) is 52.1 Å². The van der Waals surface area contributed by atoms with Gasteiger partial charge in [0.2, 0.25) is 0 Å². The van der Waals surface area contributed by atoms with E-state index in [4.69, 9.17) is 4.74 Å². The number of rotatable bonds is 10. The molecule has 1 fully saturated rings. The lowest BCUT2D eigenvalue weighted by Gasteiger charge is -2.32. The molecule has 0 bridgehead atoms. The third kappa shape index (κ3) is 10.00. The van der Waals surface area contributed by atoms with Crippen LogP contribution in [0, 0.1) is 5.92 Å². The average molecular weight is 518 g/mol. The van der Waals surface area contributed by atoms with Gasteiger partial charge in [0, 0.05) is 65.7 Å². The number of likely N-dealkylation sites (N-methyl/N-ethyl adjacent to an activating group) is 1. The van der Waals surface area contributed by atoms with Crippen molar-refractivity contribution in [1.82, 2.24) is 15.5 Å². The zero-order valence-electron chi connectivity index (χ0n) is 18.6. The molecule has 2 rings (SSSR count). The first-order chi connectivity index (χ1) is 13.6. The first kappa shape index (κ1) is 26.0. The van der Waals surface area contributed by atoms with E-state index in [-0.39, 0.29) is 24.0 Å². The molecule has 0 amide bonds. The van der Waals surface area contributed by atoms with Crippen molar-refractivity contribution >= 4 is 35.6 Å². The van der Waals surface area contributed by atoms with E-state index in [2.05, 4.69) is 63.7 Å². The second-order valence-electron chi connectivity index (χ2n) is 7.84. The van der Waals surface area contributed by atoms with Crippen molar-refractivity contribution < 1.29 is 4.74 Å². The minimum atomic E-state index is 0. The molecule has 1 heterocycles. The smallest absolute Gasteiger partial charge is 0.191 e. The van der Waals surface area contributed by atoms with E-state index in [1.165, 1.54) is 37.2 Å². The summed E-state index contributed by atoms with van der Waals surface area (Å²) in [6.45, 7) is 9.20. The average Bonchev–Trinajstić information content (AvgIpc) is 2.72. The summed E-state index contributed by atoms with van der Waals surface area (Å²) in [5.41, 5.74) is 2.61. The maximum Gasteiger partial charge on any atom is 0.191 e. The molecule has 0 aliphatic carbocycles. The predicted octanol–water partition coefficient (Wildman–Crippen LogP) is 3.17. The van der Waals surface area contributed by atoms with Crippen LogP contribution >= 0.6 is 24.0 Å². The van der Waals surface area contributed by atoms with Crippen molar-refractivity contribution in [3.63, 3.8) is 0 Å². The summed E-state index contributed by atoms with van der Waals surface area (Å²) in [4.78, 5) is 9.13. The first-order valence-electron chi connectivity index (χ1n) is 10.6. The van der Waals surface area contributed by atoms with Crippen LogP contribution in [0.2, 0.25) is 0 Å². The van der Waals surface area contributed by atoms with Gasteiger partial charge >= 0.3 is 0 Å². The summed E-state index contributed by atoms with van der Waals surface area (Å²) in [5, 5.41) is 6.79. The van der Waals surface area contributed by atoms with Gasteiger partial charge in [-0.1, -0.05) is 19.1 Å². The Bertz CT molecular complexity index is 573. The monoisotopic (exact) mass is 517 g/mol. The molecule has 7 heteroatoms. The largest absolute Gasteiger partial charge is 0.385 e. The van der Waals surface area contributed by atoms with Gasteiger partial charge in [0.05, 0.1) is 0 Å². The highest BCUT2D eigenvalue weighted by Crippen LogP contribution is 2.23. The van der Waals surface area contributed by atoms with E-state index in [1.807, 2.05) is 7.05 Å². The first-order valence-corrected chi connectivity index (χ1v) is 10.6. The van der Waals surface area contributed by atoms with Gasteiger partial charge in [-0.2, -0.15) is 0 Å². The number of halogens is 1. The second-order valence-corrected chi connectivity index (χ2v) is 7.84. The van der Waals surface area contributed by atoms with Gasteiger partial charge < -0.3 is 25.2 Å². The molecule has 166 valence electrons. The fourth-order valence-corrected chi connectivity index (χ4v) is 3.45. The van der Waals surface area contributed by atoms with E-state index in [9.17, 15) is 0 Å². The van der Waals surface area contributed by atoms with E-state index in [0.717, 1.165) is 51.1 Å². The van der Waals surface area contributed by atoms with Gasteiger partial charge in [-0.25, -0.2) is 0 Å². The van der Waals surface area contributed by atoms with Crippen molar-refractivity contribution in [2.75, 3.05) is 65.4 Å². The number of aliphatic imine (C=N–C) groups is 1. The zero-order valence-corrected chi connectivity index (χ0v) is 20.9. The normalized spacial score (nSPS) is 15.3. The van der Waals surface area contributed by atoms with Gasteiger partial charge in [-0.3, -0.25) is 4.99 Å². The Morgan fingerprint density at radius 2 is 1.86 bits per heavy atom. The highest BCUT2D eigenvalue weighted by Gasteiger charge is 2.15. The number of hydrogen-bond donors (Lipinski definition) is 2. The van der Waals surface area contributed by atoms with Gasteiger partial charge in [0.25, 0.3) is 0 Å². The van der Waals surface area contributed by atoms with E-state index < -0.39 is 0 Å². The van der Waals surface area contributed by atoms with Crippen LogP contribution in [-0.4, -0.2) is 71.4 Å². The summed E-state index contributed by atoms with van der Waals surface area (Å²) in [6.07, 6.45) is 3.66.